The minimum Gasteiger partial charge on any atom is -0.427 e. The van der Waals surface area contributed by atoms with Gasteiger partial charge in [-0.05, 0) is 79.3 Å². The number of ether oxygens (including phenoxy) is 1. The highest BCUT2D eigenvalue weighted by Gasteiger charge is 2.21. The average Bonchev–Trinajstić information content (AvgIpc) is 2.84. The lowest BCUT2D eigenvalue weighted by Gasteiger charge is -2.21. The molecule has 182 valence electrons. The lowest BCUT2D eigenvalue weighted by molar-refractivity contribution is -0.134. The van der Waals surface area contributed by atoms with E-state index in [1.807, 2.05) is 0 Å². The summed E-state index contributed by atoms with van der Waals surface area (Å²) in [5, 5.41) is 2.78. The molecule has 0 aliphatic heterocycles. The molecular formula is C28H29FN2O4. The van der Waals surface area contributed by atoms with Crippen molar-refractivity contribution in [2.45, 2.75) is 58.4 Å². The number of rotatable bonds is 6. The van der Waals surface area contributed by atoms with Crippen molar-refractivity contribution < 1.29 is 18.7 Å². The van der Waals surface area contributed by atoms with Gasteiger partial charge in [-0.3, -0.25) is 14.4 Å². The third-order valence-electron chi connectivity index (χ3n) is 6.23. The lowest BCUT2D eigenvalue weighted by Crippen LogP contribution is -2.33. The van der Waals surface area contributed by atoms with Crippen molar-refractivity contribution in [3.05, 3.63) is 93.2 Å². The Hall–Kier alpha value is -3.74. The van der Waals surface area contributed by atoms with E-state index in [-0.39, 0.29) is 35.9 Å². The molecule has 1 aliphatic carbocycles. The third-order valence-corrected chi connectivity index (χ3v) is 6.23. The Balaban J connectivity index is 1.65. The first kappa shape index (κ1) is 24.4. The summed E-state index contributed by atoms with van der Waals surface area (Å²) in [5.41, 5.74) is 2.97. The van der Waals surface area contributed by atoms with Gasteiger partial charge in [0.1, 0.15) is 17.1 Å². The maximum Gasteiger partial charge on any atom is 0.310 e. The molecule has 0 atom stereocenters. The third kappa shape index (κ3) is 6.04. The molecule has 1 heterocycles. The van der Waals surface area contributed by atoms with Gasteiger partial charge in [0.25, 0.3) is 11.5 Å². The molecule has 0 bridgehead atoms. The number of benzene rings is 2. The van der Waals surface area contributed by atoms with Crippen LogP contribution in [0.25, 0.3) is 0 Å². The molecule has 1 amide bonds. The SMILES string of the molecule is CCC(=O)Oc1ccc(NC(=O)c2cc3c(n(Cc4ccc(F)cc4)c2=O)CCCCCC3)cc1. The van der Waals surface area contributed by atoms with Crippen molar-refractivity contribution in [2.75, 3.05) is 5.32 Å². The lowest BCUT2D eigenvalue weighted by atomic mass is 9.95. The van der Waals surface area contributed by atoms with Crippen LogP contribution in [0.2, 0.25) is 0 Å². The van der Waals surface area contributed by atoms with Crippen molar-refractivity contribution >= 4 is 17.6 Å². The molecule has 0 fully saturated rings. The number of nitrogens with zero attached hydrogens (tertiary/aromatic N) is 1. The Labute approximate surface area is 203 Å². The van der Waals surface area contributed by atoms with Gasteiger partial charge in [-0.25, -0.2) is 4.39 Å². The number of amides is 1. The number of aromatic nitrogens is 1. The summed E-state index contributed by atoms with van der Waals surface area (Å²) < 4.78 is 20.3. The van der Waals surface area contributed by atoms with E-state index in [0.717, 1.165) is 55.3 Å². The monoisotopic (exact) mass is 476 g/mol. The number of carbonyl (C=O) groups excluding carboxylic acids is 2. The number of hydrogen-bond acceptors (Lipinski definition) is 4. The number of esters is 1. The number of carbonyl (C=O) groups is 2. The van der Waals surface area contributed by atoms with Crippen LogP contribution in [-0.2, 0) is 24.2 Å². The number of fused-ring (bicyclic) bond motifs is 1. The second kappa shape index (κ2) is 11.1. The van der Waals surface area contributed by atoms with E-state index < -0.39 is 5.91 Å². The van der Waals surface area contributed by atoms with Gasteiger partial charge >= 0.3 is 5.97 Å². The molecule has 4 rings (SSSR count). The van der Waals surface area contributed by atoms with Crippen LogP contribution in [0.4, 0.5) is 10.1 Å². The molecule has 1 N–H and O–H groups in total. The Kier molecular flexibility index (Phi) is 7.75. The van der Waals surface area contributed by atoms with Gasteiger partial charge < -0.3 is 14.6 Å². The zero-order valence-corrected chi connectivity index (χ0v) is 19.8. The first-order valence-electron chi connectivity index (χ1n) is 12.1. The van der Waals surface area contributed by atoms with Gasteiger partial charge in [0.2, 0.25) is 0 Å². The molecular weight excluding hydrogens is 447 g/mol. The minimum absolute atomic E-state index is 0.0768. The molecule has 35 heavy (non-hydrogen) atoms. The molecule has 1 aromatic heterocycles. The predicted molar refractivity (Wildman–Crippen MR) is 132 cm³/mol. The fourth-order valence-electron chi connectivity index (χ4n) is 4.34. The van der Waals surface area contributed by atoms with Gasteiger partial charge in [0.05, 0.1) is 6.54 Å². The fraction of sp³-hybridized carbons (Fsp3) is 0.321. The summed E-state index contributed by atoms with van der Waals surface area (Å²) in [6.45, 7) is 1.99. The van der Waals surface area contributed by atoms with E-state index in [1.165, 1.54) is 12.1 Å². The number of halogens is 1. The van der Waals surface area contributed by atoms with E-state index in [0.29, 0.717) is 11.4 Å². The molecule has 0 unspecified atom stereocenters. The second-order valence-electron chi connectivity index (χ2n) is 8.77. The summed E-state index contributed by atoms with van der Waals surface area (Å²) in [6, 6.07) is 14.3. The van der Waals surface area contributed by atoms with Gasteiger partial charge in [-0.15, -0.1) is 0 Å². The van der Waals surface area contributed by atoms with Crippen molar-refractivity contribution in [1.29, 1.82) is 0 Å². The van der Waals surface area contributed by atoms with Crippen LogP contribution < -0.4 is 15.6 Å². The molecule has 3 aromatic rings. The highest BCUT2D eigenvalue weighted by molar-refractivity contribution is 6.04. The number of pyridine rings is 1. The number of hydrogen-bond donors (Lipinski definition) is 1. The molecule has 2 aromatic carbocycles. The van der Waals surface area contributed by atoms with Crippen LogP contribution >= 0.6 is 0 Å². The van der Waals surface area contributed by atoms with Gasteiger partial charge in [0.15, 0.2) is 0 Å². The Morgan fingerprint density at radius 2 is 1.66 bits per heavy atom. The quantitative estimate of drug-likeness (QED) is 0.389. The standard InChI is InChI=1S/C28H29FN2O4/c1-2-26(32)35-23-15-13-22(14-16-23)30-27(33)24-17-20-7-5-3-4-6-8-25(20)31(28(24)34)18-19-9-11-21(29)12-10-19/h9-17H,2-8,18H2,1H3,(H,30,33). The molecule has 6 nitrogen and oxygen atoms in total. The predicted octanol–water partition coefficient (Wildman–Crippen LogP) is 5.26. The average molecular weight is 477 g/mol. The zero-order chi connectivity index (χ0) is 24.8. The molecule has 1 aliphatic rings. The molecule has 0 saturated carbocycles. The first-order chi connectivity index (χ1) is 16.9. The summed E-state index contributed by atoms with van der Waals surface area (Å²) >= 11 is 0. The maximum atomic E-state index is 13.5. The van der Waals surface area contributed by atoms with Gasteiger partial charge in [-0.2, -0.15) is 0 Å². The number of aryl methyl sites for hydroxylation is 1. The van der Waals surface area contributed by atoms with E-state index >= 15 is 0 Å². The van der Waals surface area contributed by atoms with Crippen LogP contribution in [0.3, 0.4) is 0 Å². The van der Waals surface area contributed by atoms with Gasteiger partial charge in [-0.1, -0.05) is 31.9 Å². The largest absolute Gasteiger partial charge is 0.427 e. The van der Waals surface area contributed by atoms with Gasteiger partial charge in [0, 0.05) is 17.8 Å². The number of nitrogens with one attached hydrogen (secondary N) is 1. The second-order valence-corrected chi connectivity index (χ2v) is 8.77. The summed E-state index contributed by atoms with van der Waals surface area (Å²) in [5.74, 6) is -0.784. The topological polar surface area (TPSA) is 77.4 Å². The first-order valence-corrected chi connectivity index (χ1v) is 12.1. The Morgan fingerprint density at radius 1 is 0.971 bits per heavy atom. The van der Waals surface area contributed by atoms with Crippen molar-refractivity contribution in [3.63, 3.8) is 0 Å². The molecule has 0 spiro atoms. The van der Waals surface area contributed by atoms with Crippen LogP contribution in [-0.4, -0.2) is 16.4 Å². The van der Waals surface area contributed by atoms with Crippen molar-refractivity contribution in [1.82, 2.24) is 4.57 Å². The molecule has 7 heteroatoms. The summed E-state index contributed by atoms with van der Waals surface area (Å²) in [4.78, 5) is 38.2. The number of anilines is 1. The van der Waals surface area contributed by atoms with Crippen molar-refractivity contribution in [3.8, 4) is 5.75 Å². The van der Waals surface area contributed by atoms with Crippen molar-refractivity contribution in [2.24, 2.45) is 0 Å². The highest BCUT2D eigenvalue weighted by Crippen LogP contribution is 2.22. The minimum atomic E-state index is -0.494. The van der Waals surface area contributed by atoms with Crippen LogP contribution in [0.1, 0.15) is 66.2 Å². The van der Waals surface area contributed by atoms with E-state index in [9.17, 15) is 18.8 Å². The summed E-state index contributed by atoms with van der Waals surface area (Å²) in [7, 11) is 0. The smallest absolute Gasteiger partial charge is 0.310 e. The normalized spacial score (nSPS) is 13.3. The molecule has 0 saturated heterocycles. The van der Waals surface area contributed by atoms with E-state index in [1.54, 1.807) is 54.0 Å². The zero-order valence-electron chi connectivity index (χ0n) is 19.8. The Bertz CT molecular complexity index is 1260. The summed E-state index contributed by atoms with van der Waals surface area (Å²) in [6.07, 6.45) is 6.05. The molecule has 0 radical (unpaired) electrons. The fourth-order valence-corrected chi connectivity index (χ4v) is 4.34. The van der Waals surface area contributed by atoms with Crippen LogP contribution in [0.5, 0.6) is 5.75 Å². The van der Waals surface area contributed by atoms with E-state index in [4.69, 9.17) is 4.74 Å². The van der Waals surface area contributed by atoms with E-state index in [2.05, 4.69) is 5.32 Å². The maximum absolute atomic E-state index is 13.5. The van der Waals surface area contributed by atoms with Crippen LogP contribution in [0.15, 0.2) is 59.4 Å². The van der Waals surface area contributed by atoms with Crippen LogP contribution in [0, 0.1) is 5.82 Å². The highest BCUT2D eigenvalue weighted by atomic mass is 19.1. The Morgan fingerprint density at radius 3 is 2.34 bits per heavy atom.